The monoisotopic (exact) mass is 618 g/mol. The largest absolute Gasteiger partial charge is 0.462 e. The molecule has 6 nitrogen and oxygen atoms in total. The minimum absolute atomic E-state index is 0.155. The van der Waals surface area contributed by atoms with Gasteiger partial charge in [-0.2, -0.15) is 0 Å². The van der Waals surface area contributed by atoms with E-state index < -0.39 is 18.2 Å². The predicted octanol–water partition coefficient (Wildman–Crippen LogP) is 9.50. The van der Waals surface area contributed by atoms with Crippen LogP contribution < -0.4 is 0 Å². The van der Waals surface area contributed by atoms with E-state index in [-0.39, 0.29) is 25.6 Å². The van der Waals surface area contributed by atoms with Gasteiger partial charge < -0.3 is 19.7 Å². The Kier molecular flexibility index (Phi) is 30.6. The molecule has 0 aromatic carbocycles. The van der Waals surface area contributed by atoms with Crippen LogP contribution in [0.3, 0.4) is 0 Å². The van der Waals surface area contributed by atoms with Crippen molar-refractivity contribution in [2.45, 2.75) is 161 Å². The number of hydrogen-bond acceptors (Lipinski definition) is 6. The Labute approximate surface area is 270 Å². The van der Waals surface area contributed by atoms with Crippen LogP contribution in [0, 0.1) is 5.92 Å². The number of carbonyl (C=O) groups is 2. The van der Waals surface area contributed by atoms with Gasteiger partial charge in [-0.25, -0.2) is 0 Å². The number of esters is 2. The van der Waals surface area contributed by atoms with Crippen molar-refractivity contribution < 1.29 is 29.3 Å². The average molecular weight is 619 g/mol. The van der Waals surface area contributed by atoms with E-state index in [0.29, 0.717) is 19.3 Å². The van der Waals surface area contributed by atoms with E-state index in [0.717, 1.165) is 44.4 Å². The maximum atomic E-state index is 12.1. The second kappa shape index (κ2) is 32.2. The summed E-state index contributed by atoms with van der Waals surface area (Å²) >= 11 is 0. The van der Waals surface area contributed by atoms with Crippen molar-refractivity contribution in [3.05, 3.63) is 48.6 Å². The first kappa shape index (κ1) is 41.8. The molecular formula is C38H66O6. The summed E-state index contributed by atoms with van der Waals surface area (Å²) in [5.74, 6) is 0.00567. The summed E-state index contributed by atoms with van der Waals surface area (Å²) in [7, 11) is 0. The van der Waals surface area contributed by atoms with Gasteiger partial charge in [-0.3, -0.25) is 9.59 Å². The number of allylic oxidation sites excluding steroid dienone is 7. The van der Waals surface area contributed by atoms with E-state index in [9.17, 15) is 19.8 Å². The molecule has 2 atom stereocenters. The highest BCUT2D eigenvalue weighted by Gasteiger charge is 2.16. The molecule has 0 aromatic heterocycles. The molecule has 2 N–H and O–H groups in total. The fourth-order valence-electron chi connectivity index (χ4n) is 4.66. The van der Waals surface area contributed by atoms with Gasteiger partial charge in [0.05, 0.1) is 12.7 Å². The molecule has 0 rings (SSSR count). The van der Waals surface area contributed by atoms with E-state index in [1.165, 1.54) is 64.2 Å². The number of aliphatic hydroxyl groups excluding tert-OH is 2. The van der Waals surface area contributed by atoms with Gasteiger partial charge in [-0.05, 0) is 50.9 Å². The maximum absolute atomic E-state index is 12.1. The maximum Gasteiger partial charge on any atom is 0.306 e. The van der Waals surface area contributed by atoms with E-state index in [1.807, 2.05) is 18.2 Å². The summed E-state index contributed by atoms with van der Waals surface area (Å²) in [6.45, 7) is 6.23. The van der Waals surface area contributed by atoms with Crippen molar-refractivity contribution in [2.24, 2.45) is 5.92 Å². The van der Waals surface area contributed by atoms with Crippen LogP contribution in [0.5, 0.6) is 0 Å². The number of unbranched alkanes of at least 4 members (excludes halogenated alkanes) is 11. The van der Waals surface area contributed by atoms with Crippen molar-refractivity contribution in [3.8, 4) is 0 Å². The van der Waals surface area contributed by atoms with Crippen molar-refractivity contribution in [1.29, 1.82) is 0 Å². The summed E-state index contributed by atoms with van der Waals surface area (Å²) in [6, 6.07) is 0. The van der Waals surface area contributed by atoms with E-state index >= 15 is 0 Å². The first-order chi connectivity index (χ1) is 21.4. The van der Waals surface area contributed by atoms with Crippen molar-refractivity contribution in [1.82, 2.24) is 0 Å². The molecule has 0 amide bonds. The molecule has 254 valence electrons. The number of rotatable bonds is 30. The molecule has 0 saturated carbocycles. The van der Waals surface area contributed by atoms with Gasteiger partial charge in [-0.1, -0.05) is 140 Å². The van der Waals surface area contributed by atoms with Crippen LogP contribution in [-0.2, 0) is 19.1 Å². The Balaban J connectivity index is 3.82. The summed E-state index contributed by atoms with van der Waals surface area (Å²) < 4.78 is 10.5. The smallest absolute Gasteiger partial charge is 0.306 e. The van der Waals surface area contributed by atoms with Gasteiger partial charge in [0.2, 0.25) is 0 Å². The lowest BCUT2D eigenvalue weighted by molar-refractivity contribution is -0.161. The van der Waals surface area contributed by atoms with Crippen LogP contribution in [-0.4, -0.2) is 47.6 Å². The fourth-order valence-corrected chi connectivity index (χ4v) is 4.66. The molecule has 0 radical (unpaired) electrons. The van der Waals surface area contributed by atoms with Crippen LogP contribution in [0.1, 0.15) is 149 Å². The highest BCUT2D eigenvalue weighted by Crippen LogP contribution is 2.14. The number of aliphatic hydroxyl groups is 2. The van der Waals surface area contributed by atoms with Gasteiger partial charge in [0, 0.05) is 12.8 Å². The van der Waals surface area contributed by atoms with Gasteiger partial charge in [0.1, 0.15) is 6.61 Å². The molecular weight excluding hydrogens is 552 g/mol. The third kappa shape index (κ3) is 31.3. The Hall–Kier alpha value is -2.18. The standard InChI is InChI=1S/C38H66O6/c1-4-5-6-7-8-9-10-11-12-15-18-21-24-28-35(40)29-26-31-37(41)43-33-36(32-39)44-38(42)30-25-22-19-16-13-14-17-20-23-27-34(2)3/h8-9,11-12,18,21,24,28,34-36,39-40H,4-7,10,13-17,19-20,22-23,25-27,29-33H2,1-3H3/b9-8-,12-11-,21-18-,28-24+/t35-,36+/m1/s1. The summed E-state index contributed by atoms with van der Waals surface area (Å²) in [4.78, 5) is 24.2. The molecule has 44 heavy (non-hydrogen) atoms. The number of hydrogen-bond donors (Lipinski definition) is 2. The Morgan fingerprint density at radius 1 is 0.682 bits per heavy atom. The van der Waals surface area contributed by atoms with Gasteiger partial charge in [0.15, 0.2) is 6.10 Å². The van der Waals surface area contributed by atoms with Crippen LogP contribution in [0.25, 0.3) is 0 Å². The molecule has 0 aromatic rings. The van der Waals surface area contributed by atoms with Crippen LogP contribution in [0.4, 0.5) is 0 Å². The SMILES string of the molecule is CCCCC/C=C\C/C=C\C/C=C\C=C\[C@@H](O)CCCC(=O)OC[C@H](CO)OC(=O)CCCCCCCCCCCC(C)C. The lowest BCUT2D eigenvalue weighted by Crippen LogP contribution is -2.28. The summed E-state index contributed by atoms with van der Waals surface area (Å²) in [6.07, 6.45) is 34.9. The molecule has 0 aliphatic heterocycles. The minimum Gasteiger partial charge on any atom is -0.462 e. The zero-order valence-electron chi connectivity index (χ0n) is 28.4. The Morgan fingerprint density at radius 3 is 1.95 bits per heavy atom. The normalized spacial score (nSPS) is 13.6. The summed E-state index contributed by atoms with van der Waals surface area (Å²) in [5, 5.41) is 19.6. The van der Waals surface area contributed by atoms with Crippen molar-refractivity contribution in [2.75, 3.05) is 13.2 Å². The first-order valence-corrected chi connectivity index (χ1v) is 17.7. The Morgan fingerprint density at radius 2 is 1.30 bits per heavy atom. The quantitative estimate of drug-likeness (QED) is 0.0360. The molecule has 0 fully saturated rings. The highest BCUT2D eigenvalue weighted by atomic mass is 16.6. The Bertz CT molecular complexity index is 782. The first-order valence-electron chi connectivity index (χ1n) is 17.7. The molecule has 0 spiro atoms. The van der Waals surface area contributed by atoms with E-state index in [4.69, 9.17) is 9.47 Å². The van der Waals surface area contributed by atoms with E-state index in [2.05, 4.69) is 45.1 Å². The van der Waals surface area contributed by atoms with Gasteiger partial charge in [0.25, 0.3) is 0 Å². The topological polar surface area (TPSA) is 93.1 Å². The van der Waals surface area contributed by atoms with Gasteiger partial charge in [-0.15, -0.1) is 0 Å². The number of carbonyl (C=O) groups excluding carboxylic acids is 2. The third-order valence-corrected chi connectivity index (χ3v) is 7.41. The lowest BCUT2D eigenvalue weighted by atomic mass is 10.0. The average Bonchev–Trinajstić information content (AvgIpc) is 3.00. The molecule has 0 bridgehead atoms. The fraction of sp³-hybridized carbons (Fsp3) is 0.737. The second-order valence-corrected chi connectivity index (χ2v) is 12.3. The molecule has 0 unspecified atom stereocenters. The zero-order valence-corrected chi connectivity index (χ0v) is 28.4. The summed E-state index contributed by atoms with van der Waals surface area (Å²) in [5.41, 5.74) is 0. The molecule has 0 aliphatic rings. The van der Waals surface area contributed by atoms with Crippen molar-refractivity contribution >= 4 is 11.9 Å². The predicted molar refractivity (Wildman–Crippen MR) is 183 cm³/mol. The third-order valence-electron chi connectivity index (χ3n) is 7.41. The highest BCUT2D eigenvalue weighted by molar-refractivity contribution is 5.70. The molecule has 0 aliphatic carbocycles. The zero-order chi connectivity index (χ0) is 32.5. The minimum atomic E-state index is -0.843. The van der Waals surface area contributed by atoms with Crippen LogP contribution >= 0.6 is 0 Å². The molecule has 0 heterocycles. The number of ether oxygens (including phenoxy) is 2. The van der Waals surface area contributed by atoms with E-state index in [1.54, 1.807) is 6.08 Å². The van der Waals surface area contributed by atoms with Crippen LogP contribution in [0.15, 0.2) is 48.6 Å². The molecule has 6 heteroatoms. The van der Waals surface area contributed by atoms with Crippen molar-refractivity contribution in [3.63, 3.8) is 0 Å². The lowest BCUT2D eigenvalue weighted by Gasteiger charge is -2.16. The second-order valence-electron chi connectivity index (χ2n) is 12.3. The van der Waals surface area contributed by atoms with Crippen LogP contribution in [0.2, 0.25) is 0 Å². The van der Waals surface area contributed by atoms with Gasteiger partial charge >= 0.3 is 11.9 Å². The molecule has 0 saturated heterocycles.